The normalized spacial score (nSPS) is 12.6. The highest BCUT2D eigenvalue weighted by Gasteiger charge is 2.26. The summed E-state index contributed by atoms with van der Waals surface area (Å²) in [5.74, 6) is 0.459. The summed E-state index contributed by atoms with van der Waals surface area (Å²) in [6.45, 7) is 18.7. The zero-order chi connectivity index (χ0) is 71.2. The lowest BCUT2D eigenvalue weighted by atomic mass is 9.94. The van der Waals surface area contributed by atoms with Gasteiger partial charge in [-0.3, -0.25) is 9.59 Å². The third-order valence-electron chi connectivity index (χ3n) is 19.7. The van der Waals surface area contributed by atoms with E-state index in [9.17, 15) is 9.59 Å². The molecular weight excluding hydrogens is 1270 g/mol. The van der Waals surface area contributed by atoms with Crippen LogP contribution >= 0.6 is 0 Å². The Labute approximate surface area is 596 Å². The highest BCUT2D eigenvalue weighted by Crippen LogP contribution is 2.39. The summed E-state index contributed by atoms with van der Waals surface area (Å²) in [5.41, 5.74) is 12.4. The summed E-state index contributed by atoms with van der Waals surface area (Å²) >= 11 is 0. The lowest BCUT2D eigenvalue weighted by Gasteiger charge is -2.18. The van der Waals surface area contributed by atoms with Crippen LogP contribution in [0.3, 0.4) is 0 Å². The number of oxime groups is 2. The number of benzene rings is 10. The van der Waals surface area contributed by atoms with Crippen LogP contribution in [-0.4, -0.2) is 83.7 Å². The Hall–Kier alpha value is -10.5. The molecule has 2 unspecified atom stereocenters. The molecule has 102 heavy (non-hydrogen) atoms. The number of fused-ring (bicyclic) bond motifs is 8. The quantitative estimate of drug-likeness (QED) is 0.0127. The summed E-state index contributed by atoms with van der Waals surface area (Å²) < 4.78 is 29.8. The zero-order valence-electron chi connectivity index (χ0n) is 59.8. The molecule has 0 N–H and O–H groups in total. The van der Waals surface area contributed by atoms with Crippen molar-refractivity contribution in [1.82, 2.24) is 9.13 Å². The number of hydrogen-bond donors (Lipinski definition) is 0. The molecule has 0 bridgehead atoms. The number of rotatable bonds is 33. The molecule has 0 amide bonds. The highest BCUT2D eigenvalue weighted by molar-refractivity contribution is 6.24. The number of hydrogen-bond acceptors (Lipinski definition) is 12. The molecule has 0 aliphatic heterocycles. The van der Waals surface area contributed by atoms with E-state index in [4.69, 9.17) is 28.6 Å². The maximum atomic E-state index is 15.3. The summed E-state index contributed by atoms with van der Waals surface area (Å²) in [6, 6.07) is 63.8. The standard InChI is InChI=1S/C88H90N4O10/c1-9-13-25-61(11-3)55-91-77-39-33-65(85(89-101-59(7)93)69-29-19-15-23-57(69)5)51-73(77)75-53-67(35-41-79(75)91)87(95)83-71-31-21-17-27-63(71)37-43-81(83)99-49-47-97-45-46-98-48-50-100-82-44-38-64-28-18-22-32-72(64)84(82)88(96)68-36-42-80-76(54-68)74-52-66(34-40-78(74)92(80)56-62(12-4)26-14-10-2)86(90-102-60(8)94)70-30-20-16-24-58(70)6/h15-24,27-44,51-54,61-62H,9-14,25-26,45-50,55-56H2,1-8H3/b89-85-,90-86-. The number of aromatic nitrogens is 2. The van der Waals surface area contributed by atoms with Crippen LogP contribution < -0.4 is 9.47 Å². The van der Waals surface area contributed by atoms with Gasteiger partial charge in [-0.2, -0.15) is 0 Å². The number of ether oxygens (including phenoxy) is 4. The average Bonchev–Trinajstić information content (AvgIpc) is 1.52. The smallest absolute Gasteiger partial charge is 0.332 e. The molecule has 0 radical (unpaired) electrons. The Bertz CT molecular complexity index is 4810. The van der Waals surface area contributed by atoms with Gasteiger partial charge in [-0.25, -0.2) is 9.59 Å². The summed E-state index contributed by atoms with van der Waals surface area (Å²) in [5, 5.41) is 16.0. The molecule has 2 aromatic heterocycles. The Morgan fingerprint density at radius 2 is 0.745 bits per heavy atom. The van der Waals surface area contributed by atoms with Crippen molar-refractivity contribution < 1.29 is 47.8 Å². The van der Waals surface area contributed by atoms with Gasteiger partial charge in [0, 0.05) is 104 Å². The van der Waals surface area contributed by atoms with Gasteiger partial charge < -0.3 is 37.8 Å². The third-order valence-corrected chi connectivity index (χ3v) is 19.7. The van der Waals surface area contributed by atoms with Crippen LogP contribution in [0.4, 0.5) is 0 Å². The van der Waals surface area contributed by atoms with Crippen molar-refractivity contribution in [2.24, 2.45) is 22.1 Å². The first-order valence-electron chi connectivity index (χ1n) is 36.1. The zero-order valence-corrected chi connectivity index (χ0v) is 59.8. The van der Waals surface area contributed by atoms with E-state index in [1.807, 2.05) is 172 Å². The van der Waals surface area contributed by atoms with Crippen molar-refractivity contribution in [3.8, 4) is 11.5 Å². The number of nitrogens with zero attached hydrogens (tertiary/aromatic N) is 4. The molecule has 14 nitrogen and oxygen atoms in total. The fourth-order valence-corrected chi connectivity index (χ4v) is 14.2. The number of carbonyl (C=O) groups is 4. The maximum Gasteiger partial charge on any atom is 0.332 e. The molecule has 10 aromatic carbocycles. The van der Waals surface area contributed by atoms with E-state index in [-0.39, 0.29) is 51.2 Å². The topological polar surface area (TPSA) is 158 Å². The van der Waals surface area contributed by atoms with Gasteiger partial charge in [0.05, 0.1) is 37.6 Å². The van der Waals surface area contributed by atoms with E-state index in [2.05, 4.69) is 83.5 Å². The molecule has 12 rings (SSSR count). The van der Waals surface area contributed by atoms with Gasteiger partial charge in [0.15, 0.2) is 11.6 Å². The van der Waals surface area contributed by atoms with Crippen molar-refractivity contribution in [2.45, 2.75) is 120 Å². The average molecular weight is 1360 g/mol. The largest absolute Gasteiger partial charge is 0.490 e. The SMILES string of the molecule is CCCCC(CC)Cn1c2ccc(C(=O)c3c(OCCOCCOCCOc4ccc5ccccc5c4C(=O)c4ccc5c(c4)c4cc(/C(=N/OC(C)=O)c6ccccc6C)ccc4n5CC(CC)CCCC)ccc4ccccc34)cc2c2cc(/C(=N/OC(C)=O)c3ccccc3C)ccc21. The van der Waals surface area contributed by atoms with E-state index in [0.717, 1.165) is 163 Å². The molecule has 2 atom stereocenters. The van der Waals surface area contributed by atoms with Crippen LogP contribution in [0.25, 0.3) is 65.2 Å². The first-order chi connectivity index (χ1) is 49.8. The molecule has 2 heterocycles. The predicted molar refractivity (Wildman–Crippen MR) is 410 cm³/mol. The Kier molecular flexibility index (Phi) is 23.3. The number of ketones is 2. The van der Waals surface area contributed by atoms with Gasteiger partial charge in [-0.05, 0) is 144 Å². The summed E-state index contributed by atoms with van der Waals surface area (Å²) in [7, 11) is 0. The van der Waals surface area contributed by atoms with Gasteiger partial charge in [0.25, 0.3) is 0 Å². The fourth-order valence-electron chi connectivity index (χ4n) is 14.2. The summed E-state index contributed by atoms with van der Waals surface area (Å²) in [6.07, 6.45) is 8.84. The molecule has 0 spiro atoms. The predicted octanol–water partition coefficient (Wildman–Crippen LogP) is 19.8. The second-order valence-electron chi connectivity index (χ2n) is 26.6. The molecule has 0 aliphatic carbocycles. The van der Waals surface area contributed by atoms with Gasteiger partial charge in [0.1, 0.15) is 36.1 Å². The molecule has 0 fully saturated rings. The van der Waals surface area contributed by atoms with Gasteiger partial charge in [0.2, 0.25) is 0 Å². The molecule has 0 aliphatic rings. The minimum Gasteiger partial charge on any atom is -0.490 e. The van der Waals surface area contributed by atoms with Gasteiger partial charge in [-0.15, -0.1) is 0 Å². The number of carbonyl (C=O) groups excluding carboxylic acids is 4. The van der Waals surface area contributed by atoms with Crippen LogP contribution in [0.15, 0.2) is 204 Å². The van der Waals surface area contributed by atoms with Crippen LogP contribution in [0.2, 0.25) is 0 Å². The lowest BCUT2D eigenvalue weighted by Crippen LogP contribution is -2.15. The van der Waals surface area contributed by atoms with Crippen LogP contribution in [0.1, 0.15) is 158 Å². The molecule has 0 saturated heterocycles. The number of aryl methyl sites for hydroxylation is 2. The monoisotopic (exact) mass is 1360 g/mol. The van der Waals surface area contributed by atoms with Crippen molar-refractivity contribution in [1.29, 1.82) is 0 Å². The van der Waals surface area contributed by atoms with Crippen molar-refractivity contribution in [3.63, 3.8) is 0 Å². The Morgan fingerprint density at radius 1 is 0.392 bits per heavy atom. The van der Waals surface area contributed by atoms with Gasteiger partial charge in [-0.1, -0.05) is 198 Å². The first kappa shape index (κ1) is 71.3. The Morgan fingerprint density at radius 3 is 1.12 bits per heavy atom. The summed E-state index contributed by atoms with van der Waals surface area (Å²) in [4.78, 5) is 65.6. The van der Waals surface area contributed by atoms with Gasteiger partial charge >= 0.3 is 11.9 Å². The van der Waals surface area contributed by atoms with Crippen molar-refractivity contribution in [2.75, 3.05) is 39.6 Å². The number of unbranched alkanes of at least 4 members (excludes halogenated alkanes) is 2. The maximum absolute atomic E-state index is 15.3. The van der Waals surface area contributed by atoms with E-state index >= 15 is 9.59 Å². The van der Waals surface area contributed by atoms with E-state index in [1.54, 1.807) is 0 Å². The molecule has 12 aromatic rings. The minimum absolute atomic E-state index is 0.169. The molecule has 14 heteroatoms. The third kappa shape index (κ3) is 15.8. The molecular formula is C88H90N4O10. The van der Waals surface area contributed by atoms with Crippen LogP contribution in [0, 0.1) is 25.7 Å². The minimum atomic E-state index is -0.513. The Balaban J connectivity index is 0.738. The van der Waals surface area contributed by atoms with E-state index < -0.39 is 11.9 Å². The van der Waals surface area contributed by atoms with Crippen molar-refractivity contribution >= 4 is 100 Å². The van der Waals surface area contributed by atoms with Crippen LogP contribution in [0.5, 0.6) is 11.5 Å². The van der Waals surface area contributed by atoms with E-state index in [1.165, 1.54) is 13.8 Å². The lowest BCUT2D eigenvalue weighted by molar-refractivity contribution is -0.141. The first-order valence-corrected chi connectivity index (χ1v) is 36.1. The van der Waals surface area contributed by atoms with E-state index in [0.29, 0.717) is 57.0 Å². The van der Waals surface area contributed by atoms with Crippen molar-refractivity contribution in [3.05, 3.63) is 250 Å². The second-order valence-corrected chi connectivity index (χ2v) is 26.6. The van der Waals surface area contributed by atoms with Crippen LogP contribution in [-0.2, 0) is 41.8 Å². The highest BCUT2D eigenvalue weighted by atomic mass is 16.7. The molecule has 0 saturated carbocycles. The fraction of sp³-hybridized carbons (Fsp3) is 0.295. The second kappa shape index (κ2) is 33.3. The molecule has 522 valence electrons.